The summed E-state index contributed by atoms with van der Waals surface area (Å²) in [5, 5.41) is 0. The van der Waals surface area contributed by atoms with Gasteiger partial charge in [-0.15, -0.1) is 13.2 Å². The average Bonchev–Trinajstić information content (AvgIpc) is 2.17. The maximum Gasteiger partial charge on any atom is 0.573 e. The van der Waals surface area contributed by atoms with Crippen LogP contribution in [0, 0.1) is 6.92 Å². The van der Waals surface area contributed by atoms with Crippen molar-refractivity contribution >= 4 is 0 Å². The van der Waals surface area contributed by atoms with Gasteiger partial charge in [-0.05, 0) is 6.92 Å². The summed E-state index contributed by atoms with van der Waals surface area (Å²) >= 11 is 0. The third kappa shape index (κ3) is 3.25. The van der Waals surface area contributed by atoms with Gasteiger partial charge in [0.25, 0.3) is 0 Å². The van der Waals surface area contributed by atoms with Crippen LogP contribution in [0.4, 0.5) is 26.3 Å². The first kappa shape index (κ1) is 14.6. The monoisotopic (exact) mass is 274 g/mol. The minimum absolute atomic E-state index is 0.378. The molecule has 1 rings (SSSR count). The van der Waals surface area contributed by atoms with Gasteiger partial charge in [0.2, 0.25) is 0 Å². The molecule has 0 aromatic carbocycles. The van der Waals surface area contributed by atoms with Crippen molar-refractivity contribution in [3.63, 3.8) is 0 Å². The number of aromatic nitrogens is 1. The molecule has 1 aromatic heterocycles. The zero-order valence-electron chi connectivity index (χ0n) is 8.99. The van der Waals surface area contributed by atoms with Crippen LogP contribution in [0.25, 0.3) is 0 Å². The molecule has 18 heavy (non-hydrogen) atoms. The molecule has 0 atom stereocenters. The number of nitrogens with two attached hydrogens (primary N) is 1. The Hall–Kier alpha value is -1.51. The van der Waals surface area contributed by atoms with E-state index < -0.39 is 36.1 Å². The van der Waals surface area contributed by atoms with E-state index in [9.17, 15) is 26.3 Å². The molecule has 1 heterocycles. The van der Waals surface area contributed by atoms with E-state index in [4.69, 9.17) is 5.73 Å². The van der Waals surface area contributed by atoms with Gasteiger partial charge < -0.3 is 10.5 Å². The van der Waals surface area contributed by atoms with Gasteiger partial charge in [0.05, 0.1) is 5.69 Å². The molecule has 0 spiro atoms. The Labute approximate surface area is 97.6 Å². The minimum Gasteiger partial charge on any atom is -0.405 e. The van der Waals surface area contributed by atoms with E-state index in [2.05, 4.69) is 9.72 Å². The Morgan fingerprint density at radius 3 is 2.17 bits per heavy atom. The lowest BCUT2D eigenvalue weighted by Gasteiger charge is -2.19. The van der Waals surface area contributed by atoms with Gasteiger partial charge in [-0.1, -0.05) is 0 Å². The molecule has 0 amide bonds. The van der Waals surface area contributed by atoms with E-state index in [0.717, 1.165) is 13.1 Å². The fraction of sp³-hybridized carbons (Fsp3) is 0.444. The largest absolute Gasteiger partial charge is 0.573 e. The predicted octanol–water partition coefficient (Wildman–Crippen LogP) is 2.77. The Morgan fingerprint density at radius 1 is 1.22 bits per heavy atom. The van der Waals surface area contributed by atoms with Crippen molar-refractivity contribution in [2.45, 2.75) is 26.0 Å². The third-order valence-corrected chi connectivity index (χ3v) is 1.98. The molecular formula is C9H8F6N2O. The van der Waals surface area contributed by atoms with Gasteiger partial charge in [-0.3, -0.25) is 4.98 Å². The van der Waals surface area contributed by atoms with Crippen molar-refractivity contribution < 1.29 is 31.1 Å². The maximum atomic E-state index is 12.7. The molecule has 102 valence electrons. The molecule has 0 bridgehead atoms. The van der Waals surface area contributed by atoms with Gasteiger partial charge in [0.15, 0.2) is 0 Å². The van der Waals surface area contributed by atoms with Gasteiger partial charge in [0.1, 0.15) is 11.3 Å². The maximum absolute atomic E-state index is 12.7. The standard InChI is InChI=1S/C9H8F6N2O/c1-4-3-17-5(2-16)6(8(10,11)12)7(4)18-9(13,14)15/h3H,2,16H2,1H3. The molecule has 0 aliphatic rings. The Morgan fingerprint density at radius 2 is 1.78 bits per heavy atom. The highest BCUT2D eigenvalue weighted by Crippen LogP contribution is 2.41. The molecule has 0 aliphatic heterocycles. The minimum atomic E-state index is -5.22. The topological polar surface area (TPSA) is 48.1 Å². The van der Waals surface area contributed by atoms with Crippen LogP contribution in [0.3, 0.4) is 0 Å². The summed E-state index contributed by atoms with van der Waals surface area (Å²) in [5.74, 6) is -1.31. The Kier molecular flexibility index (Phi) is 3.75. The van der Waals surface area contributed by atoms with Crippen molar-refractivity contribution in [2.24, 2.45) is 5.73 Å². The Balaban J connectivity index is 3.46. The van der Waals surface area contributed by atoms with Crippen molar-refractivity contribution in [1.82, 2.24) is 4.98 Å². The fourth-order valence-corrected chi connectivity index (χ4v) is 1.32. The number of hydrogen-bond donors (Lipinski definition) is 1. The van der Waals surface area contributed by atoms with E-state index in [1.807, 2.05) is 0 Å². The summed E-state index contributed by atoms with van der Waals surface area (Å²) in [6, 6.07) is 0. The van der Waals surface area contributed by atoms with Crippen LogP contribution in [0.1, 0.15) is 16.8 Å². The number of pyridine rings is 1. The van der Waals surface area contributed by atoms with Crippen LogP contribution >= 0.6 is 0 Å². The van der Waals surface area contributed by atoms with Crippen molar-refractivity contribution in [3.05, 3.63) is 23.0 Å². The Bertz CT molecular complexity index is 440. The molecule has 0 saturated carbocycles. The van der Waals surface area contributed by atoms with Crippen LogP contribution in [0.15, 0.2) is 6.20 Å². The van der Waals surface area contributed by atoms with Crippen molar-refractivity contribution in [3.8, 4) is 5.75 Å². The summed E-state index contributed by atoms with van der Waals surface area (Å²) in [7, 11) is 0. The van der Waals surface area contributed by atoms with Gasteiger partial charge in [-0.2, -0.15) is 13.2 Å². The number of ether oxygens (including phenoxy) is 1. The van der Waals surface area contributed by atoms with Crippen LogP contribution in [-0.4, -0.2) is 11.3 Å². The fourth-order valence-electron chi connectivity index (χ4n) is 1.32. The van der Waals surface area contributed by atoms with Gasteiger partial charge in [0, 0.05) is 18.3 Å². The zero-order chi connectivity index (χ0) is 14.1. The second kappa shape index (κ2) is 4.63. The number of alkyl halides is 6. The van der Waals surface area contributed by atoms with E-state index in [1.54, 1.807) is 0 Å². The number of halogens is 6. The highest BCUT2D eigenvalue weighted by atomic mass is 19.4. The molecule has 2 N–H and O–H groups in total. The highest BCUT2D eigenvalue weighted by molar-refractivity contribution is 5.44. The summed E-state index contributed by atoms with van der Waals surface area (Å²) < 4.78 is 77.8. The van der Waals surface area contributed by atoms with Crippen LogP contribution in [0.2, 0.25) is 0 Å². The summed E-state index contributed by atoms with van der Waals surface area (Å²) in [5.41, 5.74) is 2.36. The van der Waals surface area contributed by atoms with Crippen LogP contribution in [0.5, 0.6) is 5.75 Å². The molecule has 0 aliphatic carbocycles. The first-order valence-electron chi connectivity index (χ1n) is 4.57. The third-order valence-electron chi connectivity index (χ3n) is 1.98. The normalized spacial score (nSPS) is 12.7. The molecular weight excluding hydrogens is 266 g/mol. The van der Waals surface area contributed by atoms with E-state index in [1.165, 1.54) is 0 Å². The predicted molar refractivity (Wildman–Crippen MR) is 48.6 cm³/mol. The number of aryl methyl sites for hydroxylation is 1. The van der Waals surface area contributed by atoms with Crippen LogP contribution in [-0.2, 0) is 12.7 Å². The first-order chi connectivity index (χ1) is 8.06. The van der Waals surface area contributed by atoms with Crippen LogP contribution < -0.4 is 10.5 Å². The molecule has 0 radical (unpaired) electrons. The lowest BCUT2D eigenvalue weighted by atomic mass is 10.1. The molecule has 1 aromatic rings. The second-order valence-electron chi connectivity index (χ2n) is 3.34. The lowest BCUT2D eigenvalue weighted by Crippen LogP contribution is -2.23. The first-order valence-corrected chi connectivity index (χ1v) is 4.57. The van der Waals surface area contributed by atoms with Crippen molar-refractivity contribution in [2.75, 3.05) is 0 Å². The van der Waals surface area contributed by atoms with Gasteiger partial charge >= 0.3 is 12.5 Å². The summed E-state index contributed by atoms with van der Waals surface area (Å²) in [4.78, 5) is 3.36. The smallest absolute Gasteiger partial charge is 0.405 e. The zero-order valence-corrected chi connectivity index (χ0v) is 8.99. The average molecular weight is 274 g/mol. The van der Waals surface area contributed by atoms with E-state index in [-0.39, 0.29) is 5.56 Å². The highest BCUT2D eigenvalue weighted by Gasteiger charge is 2.42. The number of nitrogens with zero attached hydrogens (tertiary/aromatic N) is 1. The molecule has 3 nitrogen and oxygen atoms in total. The van der Waals surface area contributed by atoms with Crippen molar-refractivity contribution in [1.29, 1.82) is 0 Å². The lowest BCUT2D eigenvalue weighted by molar-refractivity contribution is -0.276. The molecule has 0 fully saturated rings. The SMILES string of the molecule is Cc1cnc(CN)c(C(F)(F)F)c1OC(F)(F)F. The molecule has 9 heteroatoms. The van der Waals surface area contributed by atoms with E-state index in [0.29, 0.717) is 0 Å². The molecule has 0 saturated heterocycles. The number of rotatable bonds is 2. The van der Waals surface area contributed by atoms with Gasteiger partial charge in [-0.25, -0.2) is 0 Å². The number of hydrogen-bond acceptors (Lipinski definition) is 3. The summed E-state index contributed by atoms with van der Waals surface area (Å²) in [6.07, 6.45) is -9.41. The summed E-state index contributed by atoms with van der Waals surface area (Å²) in [6.45, 7) is 0.382. The molecule has 0 unspecified atom stereocenters. The second-order valence-corrected chi connectivity index (χ2v) is 3.34. The quantitative estimate of drug-likeness (QED) is 0.843. The van der Waals surface area contributed by atoms with E-state index >= 15 is 0 Å².